The fourth-order valence-electron chi connectivity index (χ4n) is 2.43. The second-order valence-corrected chi connectivity index (χ2v) is 6.04. The van der Waals surface area contributed by atoms with Crippen molar-refractivity contribution >= 4 is 10.9 Å². The van der Waals surface area contributed by atoms with Crippen LogP contribution in [0.25, 0.3) is 16.6 Å². The molecule has 0 bridgehead atoms. The van der Waals surface area contributed by atoms with Gasteiger partial charge in [0.15, 0.2) is 0 Å². The van der Waals surface area contributed by atoms with Crippen molar-refractivity contribution in [2.24, 2.45) is 0 Å². The van der Waals surface area contributed by atoms with Gasteiger partial charge in [0.1, 0.15) is 0 Å². The van der Waals surface area contributed by atoms with Crippen LogP contribution in [0.5, 0.6) is 0 Å². The van der Waals surface area contributed by atoms with Crippen molar-refractivity contribution in [2.45, 2.75) is 26.2 Å². The smallest absolute Gasteiger partial charge is 0.0528 e. The fourth-order valence-corrected chi connectivity index (χ4v) is 2.43. The summed E-state index contributed by atoms with van der Waals surface area (Å²) in [4.78, 5) is 0. The fraction of sp³-hybridized carbons (Fsp3) is 0.222. The molecule has 0 aliphatic heterocycles. The summed E-state index contributed by atoms with van der Waals surface area (Å²) in [5.41, 5.74) is 4.05. The minimum Gasteiger partial charge on any atom is -0.317 e. The van der Waals surface area contributed by atoms with Gasteiger partial charge < -0.3 is 4.57 Å². The predicted molar refractivity (Wildman–Crippen MR) is 82.0 cm³/mol. The van der Waals surface area contributed by atoms with E-state index in [1.54, 1.807) is 0 Å². The van der Waals surface area contributed by atoms with Crippen LogP contribution < -0.4 is 0 Å². The molecule has 1 nitrogen and oxygen atoms in total. The molecule has 0 fully saturated rings. The van der Waals surface area contributed by atoms with Gasteiger partial charge in [-0.15, -0.1) is 0 Å². The highest BCUT2D eigenvalue weighted by Crippen LogP contribution is 2.25. The zero-order chi connectivity index (χ0) is 13.5. The molecule has 1 heterocycles. The molecule has 0 aliphatic rings. The summed E-state index contributed by atoms with van der Waals surface area (Å²) in [6, 6.07) is 19.5. The number of rotatable bonds is 1. The van der Waals surface area contributed by atoms with Gasteiger partial charge in [0.05, 0.1) is 5.52 Å². The van der Waals surface area contributed by atoms with Crippen LogP contribution in [0.15, 0.2) is 60.8 Å². The molecule has 0 saturated heterocycles. The number of aromatic nitrogens is 1. The molecule has 0 unspecified atom stereocenters. The maximum Gasteiger partial charge on any atom is 0.0528 e. The Morgan fingerprint density at radius 3 is 2.16 bits per heavy atom. The van der Waals surface area contributed by atoms with Crippen molar-refractivity contribution < 1.29 is 0 Å². The molecule has 0 spiro atoms. The summed E-state index contributed by atoms with van der Waals surface area (Å²) in [5.74, 6) is 0. The van der Waals surface area contributed by atoms with Crippen molar-refractivity contribution in [1.82, 2.24) is 4.57 Å². The van der Waals surface area contributed by atoms with Gasteiger partial charge >= 0.3 is 0 Å². The Balaban J connectivity index is 2.07. The minimum absolute atomic E-state index is 0.206. The van der Waals surface area contributed by atoms with Crippen LogP contribution in [0, 0.1) is 0 Å². The quantitative estimate of drug-likeness (QED) is 0.576. The first-order valence-electron chi connectivity index (χ1n) is 6.73. The number of fused-ring (bicyclic) bond motifs is 1. The molecule has 19 heavy (non-hydrogen) atoms. The van der Waals surface area contributed by atoms with E-state index in [1.165, 1.54) is 22.2 Å². The minimum atomic E-state index is 0.206. The normalized spacial score (nSPS) is 11.9. The Bertz CT molecular complexity index is 696. The van der Waals surface area contributed by atoms with Gasteiger partial charge in [0.25, 0.3) is 0 Å². The van der Waals surface area contributed by atoms with E-state index in [0.29, 0.717) is 0 Å². The van der Waals surface area contributed by atoms with Crippen LogP contribution in [-0.2, 0) is 5.41 Å². The number of hydrogen-bond acceptors (Lipinski definition) is 0. The molecule has 0 atom stereocenters. The van der Waals surface area contributed by atoms with Gasteiger partial charge in [0, 0.05) is 11.9 Å². The van der Waals surface area contributed by atoms with E-state index in [9.17, 15) is 0 Å². The van der Waals surface area contributed by atoms with E-state index in [2.05, 4.69) is 86.1 Å². The first kappa shape index (κ1) is 12.0. The second kappa shape index (κ2) is 4.27. The van der Waals surface area contributed by atoms with E-state index >= 15 is 0 Å². The van der Waals surface area contributed by atoms with E-state index in [-0.39, 0.29) is 5.41 Å². The molecule has 0 saturated carbocycles. The van der Waals surface area contributed by atoms with Gasteiger partial charge in [-0.05, 0) is 40.6 Å². The molecule has 0 N–H and O–H groups in total. The van der Waals surface area contributed by atoms with E-state index in [1.807, 2.05) is 0 Å². The molecule has 2 aromatic carbocycles. The summed E-state index contributed by atoms with van der Waals surface area (Å²) in [6.07, 6.45) is 2.14. The topological polar surface area (TPSA) is 4.93 Å². The van der Waals surface area contributed by atoms with Gasteiger partial charge in [-0.3, -0.25) is 0 Å². The Hall–Kier alpha value is -2.02. The standard InChI is InChI=1S/C18H19N/c1-18(2,3)15-8-10-16(11-9-15)19-13-12-14-6-4-5-7-17(14)19/h4-13H,1-3H3. The number of nitrogens with zero attached hydrogens (tertiary/aromatic N) is 1. The number of hydrogen-bond donors (Lipinski definition) is 0. The van der Waals surface area contributed by atoms with Crippen molar-refractivity contribution in [3.63, 3.8) is 0 Å². The SMILES string of the molecule is CC(C)(C)c1ccc(-n2ccc3ccccc32)cc1. The predicted octanol–water partition coefficient (Wildman–Crippen LogP) is 4.93. The van der Waals surface area contributed by atoms with Gasteiger partial charge in [-0.1, -0.05) is 51.1 Å². The van der Waals surface area contributed by atoms with Crippen LogP contribution in [0.3, 0.4) is 0 Å². The van der Waals surface area contributed by atoms with Crippen LogP contribution in [0.1, 0.15) is 26.3 Å². The largest absolute Gasteiger partial charge is 0.317 e. The molecular weight excluding hydrogens is 230 g/mol. The van der Waals surface area contributed by atoms with Crippen molar-refractivity contribution in [3.8, 4) is 5.69 Å². The van der Waals surface area contributed by atoms with E-state index < -0.39 is 0 Å². The van der Waals surface area contributed by atoms with Gasteiger partial charge in [-0.25, -0.2) is 0 Å². The van der Waals surface area contributed by atoms with E-state index in [0.717, 1.165) is 0 Å². The van der Waals surface area contributed by atoms with Crippen molar-refractivity contribution in [3.05, 3.63) is 66.4 Å². The van der Waals surface area contributed by atoms with Crippen molar-refractivity contribution in [2.75, 3.05) is 0 Å². The molecule has 1 heteroatoms. The third-order valence-corrected chi connectivity index (χ3v) is 3.61. The lowest BCUT2D eigenvalue weighted by atomic mass is 9.87. The lowest BCUT2D eigenvalue weighted by Gasteiger charge is -2.19. The van der Waals surface area contributed by atoms with Crippen LogP contribution >= 0.6 is 0 Å². The van der Waals surface area contributed by atoms with Crippen molar-refractivity contribution in [1.29, 1.82) is 0 Å². The second-order valence-electron chi connectivity index (χ2n) is 6.04. The summed E-state index contributed by atoms with van der Waals surface area (Å²) >= 11 is 0. The Morgan fingerprint density at radius 1 is 0.789 bits per heavy atom. The molecule has 0 aliphatic carbocycles. The molecule has 3 aromatic rings. The summed E-state index contributed by atoms with van der Waals surface area (Å²) in [7, 11) is 0. The molecule has 0 amide bonds. The third-order valence-electron chi connectivity index (χ3n) is 3.61. The molecular formula is C18H19N. The van der Waals surface area contributed by atoms with Crippen LogP contribution in [0.4, 0.5) is 0 Å². The molecule has 3 rings (SSSR count). The molecule has 96 valence electrons. The lowest BCUT2D eigenvalue weighted by Crippen LogP contribution is -2.10. The first-order valence-corrected chi connectivity index (χ1v) is 6.73. The summed E-state index contributed by atoms with van der Waals surface area (Å²) in [5, 5.41) is 1.28. The van der Waals surface area contributed by atoms with Crippen LogP contribution in [0.2, 0.25) is 0 Å². The summed E-state index contributed by atoms with van der Waals surface area (Å²) < 4.78 is 2.24. The molecule has 0 radical (unpaired) electrons. The Kier molecular flexibility index (Phi) is 2.70. The average Bonchev–Trinajstić information content (AvgIpc) is 2.82. The maximum atomic E-state index is 2.24. The summed E-state index contributed by atoms with van der Waals surface area (Å²) in [6.45, 7) is 6.73. The zero-order valence-corrected chi connectivity index (χ0v) is 11.7. The highest BCUT2D eigenvalue weighted by atomic mass is 15.0. The lowest BCUT2D eigenvalue weighted by molar-refractivity contribution is 0.590. The van der Waals surface area contributed by atoms with E-state index in [4.69, 9.17) is 0 Å². The Labute approximate surface area is 114 Å². The Morgan fingerprint density at radius 2 is 1.47 bits per heavy atom. The van der Waals surface area contributed by atoms with Gasteiger partial charge in [0.2, 0.25) is 0 Å². The highest BCUT2D eigenvalue weighted by Gasteiger charge is 2.13. The van der Waals surface area contributed by atoms with Gasteiger partial charge in [-0.2, -0.15) is 0 Å². The zero-order valence-electron chi connectivity index (χ0n) is 11.7. The number of para-hydroxylation sites is 1. The monoisotopic (exact) mass is 249 g/mol. The third kappa shape index (κ3) is 2.17. The average molecular weight is 249 g/mol. The maximum absolute atomic E-state index is 2.24. The van der Waals surface area contributed by atoms with Crippen LogP contribution in [-0.4, -0.2) is 4.57 Å². The number of benzene rings is 2. The first-order chi connectivity index (χ1) is 9.05. The molecule has 1 aromatic heterocycles. The highest BCUT2D eigenvalue weighted by molar-refractivity contribution is 5.81.